The number of benzene rings is 1. The average molecular weight is 181 g/mol. The zero-order valence-electron chi connectivity index (χ0n) is 8.39. The van der Waals surface area contributed by atoms with Crippen molar-refractivity contribution >= 4 is 0 Å². The standard InChI is InChI=1S/C11H16FN/c1-4-11(13)9-5-8(3)10(12)6-7(9)2/h5-6,11H,4,13H2,1-3H3/t11-/m1/s1. The summed E-state index contributed by atoms with van der Waals surface area (Å²) in [6, 6.07) is 3.43. The van der Waals surface area contributed by atoms with Gasteiger partial charge < -0.3 is 5.73 Å². The van der Waals surface area contributed by atoms with Crippen molar-refractivity contribution in [2.75, 3.05) is 0 Å². The van der Waals surface area contributed by atoms with Crippen LogP contribution in [0.4, 0.5) is 4.39 Å². The molecular formula is C11H16FN. The van der Waals surface area contributed by atoms with Crippen LogP contribution in [0.15, 0.2) is 12.1 Å². The van der Waals surface area contributed by atoms with Crippen molar-refractivity contribution in [2.45, 2.75) is 33.2 Å². The lowest BCUT2D eigenvalue weighted by atomic mass is 9.98. The molecule has 0 fully saturated rings. The van der Waals surface area contributed by atoms with E-state index >= 15 is 0 Å². The van der Waals surface area contributed by atoms with Crippen molar-refractivity contribution in [2.24, 2.45) is 5.73 Å². The molecule has 0 aliphatic rings. The smallest absolute Gasteiger partial charge is 0.126 e. The van der Waals surface area contributed by atoms with Gasteiger partial charge in [0.25, 0.3) is 0 Å². The molecule has 2 heteroatoms. The van der Waals surface area contributed by atoms with E-state index in [0.29, 0.717) is 5.56 Å². The third-order valence-corrected chi connectivity index (χ3v) is 2.39. The largest absolute Gasteiger partial charge is 0.324 e. The minimum absolute atomic E-state index is 0.0271. The van der Waals surface area contributed by atoms with E-state index in [1.54, 1.807) is 13.0 Å². The fourth-order valence-electron chi connectivity index (χ4n) is 1.42. The van der Waals surface area contributed by atoms with Crippen LogP contribution in [0.25, 0.3) is 0 Å². The molecule has 2 N–H and O–H groups in total. The highest BCUT2D eigenvalue weighted by Crippen LogP contribution is 2.21. The van der Waals surface area contributed by atoms with E-state index in [1.807, 2.05) is 19.9 Å². The van der Waals surface area contributed by atoms with Crippen molar-refractivity contribution in [3.8, 4) is 0 Å². The second kappa shape index (κ2) is 3.88. The molecule has 1 aromatic rings. The third kappa shape index (κ3) is 2.07. The minimum Gasteiger partial charge on any atom is -0.324 e. The first kappa shape index (κ1) is 10.2. The molecule has 1 atom stereocenters. The first-order chi connectivity index (χ1) is 6.06. The maximum Gasteiger partial charge on any atom is 0.126 e. The zero-order valence-corrected chi connectivity index (χ0v) is 8.39. The van der Waals surface area contributed by atoms with Gasteiger partial charge in [0.15, 0.2) is 0 Å². The molecule has 0 saturated carbocycles. The lowest BCUT2D eigenvalue weighted by molar-refractivity contribution is 0.611. The molecule has 1 aromatic carbocycles. The minimum atomic E-state index is -0.149. The Kier molecular flexibility index (Phi) is 3.04. The van der Waals surface area contributed by atoms with Crippen LogP contribution in [0.1, 0.15) is 36.1 Å². The van der Waals surface area contributed by atoms with E-state index in [0.717, 1.165) is 17.5 Å². The Morgan fingerprint density at radius 1 is 1.31 bits per heavy atom. The predicted octanol–water partition coefficient (Wildman–Crippen LogP) is 2.85. The summed E-state index contributed by atoms with van der Waals surface area (Å²) in [5, 5.41) is 0. The summed E-state index contributed by atoms with van der Waals surface area (Å²) in [6.45, 7) is 5.69. The summed E-state index contributed by atoms with van der Waals surface area (Å²) < 4.78 is 13.1. The Bertz CT molecular complexity index is 307. The van der Waals surface area contributed by atoms with E-state index in [-0.39, 0.29) is 11.9 Å². The van der Waals surface area contributed by atoms with Gasteiger partial charge in [-0.25, -0.2) is 4.39 Å². The summed E-state index contributed by atoms with van der Waals surface area (Å²) in [6.07, 6.45) is 0.881. The molecule has 1 rings (SSSR count). The molecule has 0 radical (unpaired) electrons. The highest BCUT2D eigenvalue weighted by molar-refractivity contribution is 5.33. The van der Waals surface area contributed by atoms with Gasteiger partial charge in [0.1, 0.15) is 5.82 Å². The summed E-state index contributed by atoms with van der Waals surface area (Å²) in [5.74, 6) is -0.149. The molecular weight excluding hydrogens is 165 g/mol. The fourth-order valence-corrected chi connectivity index (χ4v) is 1.42. The summed E-state index contributed by atoms with van der Waals surface area (Å²) >= 11 is 0. The Labute approximate surface area is 78.8 Å². The molecule has 72 valence electrons. The highest BCUT2D eigenvalue weighted by atomic mass is 19.1. The fraction of sp³-hybridized carbons (Fsp3) is 0.455. The highest BCUT2D eigenvalue weighted by Gasteiger charge is 2.09. The quantitative estimate of drug-likeness (QED) is 0.746. The first-order valence-electron chi connectivity index (χ1n) is 4.58. The Morgan fingerprint density at radius 2 is 1.92 bits per heavy atom. The van der Waals surface area contributed by atoms with Gasteiger partial charge in [-0.05, 0) is 43.0 Å². The van der Waals surface area contributed by atoms with Crippen LogP contribution in [0, 0.1) is 19.7 Å². The number of rotatable bonds is 2. The lowest BCUT2D eigenvalue weighted by Crippen LogP contribution is -2.11. The molecule has 0 amide bonds. The van der Waals surface area contributed by atoms with Gasteiger partial charge in [-0.3, -0.25) is 0 Å². The molecule has 0 aromatic heterocycles. The molecule has 1 nitrogen and oxygen atoms in total. The van der Waals surface area contributed by atoms with E-state index in [9.17, 15) is 4.39 Å². The average Bonchev–Trinajstić information content (AvgIpc) is 2.10. The number of hydrogen-bond donors (Lipinski definition) is 1. The second-order valence-corrected chi connectivity index (χ2v) is 3.47. The first-order valence-corrected chi connectivity index (χ1v) is 4.58. The van der Waals surface area contributed by atoms with E-state index in [2.05, 4.69) is 0 Å². The molecule has 0 unspecified atom stereocenters. The van der Waals surface area contributed by atoms with Crippen LogP contribution in [0.5, 0.6) is 0 Å². The molecule has 0 aliphatic heterocycles. The number of hydrogen-bond acceptors (Lipinski definition) is 1. The maximum atomic E-state index is 13.1. The van der Waals surface area contributed by atoms with Crippen molar-refractivity contribution in [1.82, 2.24) is 0 Å². The van der Waals surface area contributed by atoms with E-state index in [1.165, 1.54) is 0 Å². The summed E-state index contributed by atoms with van der Waals surface area (Å²) in [4.78, 5) is 0. The van der Waals surface area contributed by atoms with Crippen LogP contribution in [-0.4, -0.2) is 0 Å². The summed E-state index contributed by atoms with van der Waals surface area (Å²) in [7, 11) is 0. The topological polar surface area (TPSA) is 26.0 Å². The van der Waals surface area contributed by atoms with Crippen LogP contribution in [-0.2, 0) is 0 Å². The van der Waals surface area contributed by atoms with Crippen LogP contribution in [0.2, 0.25) is 0 Å². The third-order valence-electron chi connectivity index (χ3n) is 2.39. The molecule has 0 heterocycles. The van der Waals surface area contributed by atoms with Gasteiger partial charge in [0.05, 0.1) is 0 Å². The van der Waals surface area contributed by atoms with Gasteiger partial charge in [0, 0.05) is 6.04 Å². The van der Waals surface area contributed by atoms with Crippen molar-refractivity contribution in [3.05, 3.63) is 34.6 Å². The van der Waals surface area contributed by atoms with Crippen LogP contribution >= 0.6 is 0 Å². The number of halogens is 1. The number of nitrogens with two attached hydrogens (primary N) is 1. The predicted molar refractivity (Wildman–Crippen MR) is 53.1 cm³/mol. The van der Waals surface area contributed by atoms with Gasteiger partial charge in [-0.2, -0.15) is 0 Å². The maximum absolute atomic E-state index is 13.1. The Hall–Kier alpha value is -0.890. The van der Waals surface area contributed by atoms with Crippen molar-refractivity contribution < 1.29 is 4.39 Å². The second-order valence-electron chi connectivity index (χ2n) is 3.47. The molecule has 0 aliphatic carbocycles. The van der Waals surface area contributed by atoms with Crippen molar-refractivity contribution in [1.29, 1.82) is 0 Å². The molecule has 0 bridgehead atoms. The molecule has 0 saturated heterocycles. The van der Waals surface area contributed by atoms with Gasteiger partial charge in [-0.1, -0.05) is 13.0 Å². The Balaban J connectivity index is 3.15. The van der Waals surface area contributed by atoms with Gasteiger partial charge >= 0.3 is 0 Å². The van der Waals surface area contributed by atoms with E-state index in [4.69, 9.17) is 5.73 Å². The monoisotopic (exact) mass is 181 g/mol. The molecule has 0 spiro atoms. The number of aryl methyl sites for hydroxylation is 2. The zero-order chi connectivity index (χ0) is 10.0. The van der Waals surface area contributed by atoms with Gasteiger partial charge in [-0.15, -0.1) is 0 Å². The van der Waals surface area contributed by atoms with Crippen LogP contribution < -0.4 is 5.73 Å². The van der Waals surface area contributed by atoms with Crippen molar-refractivity contribution in [3.63, 3.8) is 0 Å². The Morgan fingerprint density at radius 3 is 2.46 bits per heavy atom. The SMILES string of the molecule is CC[C@@H](N)c1cc(C)c(F)cc1C. The van der Waals surface area contributed by atoms with Crippen LogP contribution in [0.3, 0.4) is 0 Å². The van der Waals surface area contributed by atoms with E-state index < -0.39 is 0 Å². The van der Waals surface area contributed by atoms with Gasteiger partial charge in [0.2, 0.25) is 0 Å². The normalized spacial score (nSPS) is 13.0. The summed E-state index contributed by atoms with van der Waals surface area (Å²) in [5.41, 5.74) is 8.56. The molecule has 13 heavy (non-hydrogen) atoms. The lowest BCUT2D eigenvalue weighted by Gasteiger charge is -2.13.